The Bertz CT molecular complexity index is 676. The molecule has 0 aromatic rings. The summed E-state index contributed by atoms with van der Waals surface area (Å²) in [6, 6.07) is 0. The molecule has 2 rings (SSSR count). The lowest BCUT2D eigenvalue weighted by Gasteiger charge is -2.48. The average molecular weight is 438 g/mol. The number of rotatable bonds is 5. The van der Waals surface area contributed by atoms with Crippen LogP contribution in [-0.4, -0.2) is 52.7 Å². The van der Waals surface area contributed by atoms with E-state index in [0.717, 1.165) is 28.4 Å². The van der Waals surface area contributed by atoms with E-state index >= 15 is 0 Å². The molecule has 0 aromatic heterocycles. The number of β-lactam (4-membered cyclic amide) rings is 1. The zero-order valence-electron chi connectivity index (χ0n) is 15.7. The number of alkyl halides is 1. The van der Waals surface area contributed by atoms with Crippen molar-refractivity contribution in [2.45, 2.75) is 57.4 Å². The van der Waals surface area contributed by atoms with Gasteiger partial charge in [-0.2, -0.15) is 0 Å². The molecule has 3 atom stereocenters. The van der Waals surface area contributed by atoms with Crippen molar-refractivity contribution in [2.24, 2.45) is 5.92 Å². The van der Waals surface area contributed by atoms with Crippen molar-refractivity contribution in [3.05, 3.63) is 9.93 Å². The summed E-state index contributed by atoms with van der Waals surface area (Å²) in [5.74, 6) is -2.04. The standard InChI is InChI=1S/C16H24ClNO5S2Si/c1-8(23-26(5,6)16(2,3)4)10-12(17)18(13(10)20)11(14(21)22)15-24-7-9(19)25-15/h8,10,12H,7H2,1-6H3,(H,21,22). The maximum absolute atomic E-state index is 12.7. The van der Waals surface area contributed by atoms with Crippen LogP contribution in [0.15, 0.2) is 9.93 Å². The molecule has 0 bridgehead atoms. The summed E-state index contributed by atoms with van der Waals surface area (Å²) in [6.45, 7) is 12.3. The quantitative estimate of drug-likeness (QED) is 0.231. The van der Waals surface area contributed by atoms with Gasteiger partial charge in [-0.1, -0.05) is 32.4 Å². The summed E-state index contributed by atoms with van der Waals surface area (Å²) in [5, 5.41) is 9.39. The minimum absolute atomic E-state index is 0.0127. The van der Waals surface area contributed by atoms with Crippen LogP contribution in [0, 0.1) is 5.92 Å². The number of thioether (sulfide) groups is 2. The van der Waals surface area contributed by atoms with Crippen LogP contribution in [0.4, 0.5) is 0 Å². The molecule has 2 heterocycles. The first-order valence-corrected chi connectivity index (χ1v) is 13.4. The van der Waals surface area contributed by atoms with E-state index in [1.54, 1.807) is 0 Å². The van der Waals surface area contributed by atoms with E-state index in [9.17, 15) is 19.5 Å². The zero-order chi connectivity index (χ0) is 20.0. The molecule has 2 aliphatic rings. The molecule has 1 amide bonds. The Balaban J connectivity index is 2.20. The largest absolute Gasteiger partial charge is 0.477 e. The topological polar surface area (TPSA) is 83.9 Å². The minimum atomic E-state index is -2.09. The van der Waals surface area contributed by atoms with E-state index in [4.69, 9.17) is 16.0 Å². The molecule has 26 heavy (non-hydrogen) atoms. The third-order valence-electron chi connectivity index (χ3n) is 5.02. The second kappa shape index (κ2) is 7.50. The molecule has 0 aliphatic carbocycles. The molecule has 0 spiro atoms. The van der Waals surface area contributed by atoms with Crippen molar-refractivity contribution in [3.8, 4) is 0 Å². The van der Waals surface area contributed by atoms with Crippen LogP contribution < -0.4 is 0 Å². The molecule has 1 N–H and O–H groups in total. The number of hydrogen-bond donors (Lipinski definition) is 1. The van der Waals surface area contributed by atoms with Gasteiger partial charge >= 0.3 is 5.97 Å². The van der Waals surface area contributed by atoms with Crippen LogP contribution in [0.1, 0.15) is 27.7 Å². The molecule has 0 aromatic carbocycles. The fourth-order valence-electron chi connectivity index (χ4n) is 2.54. The highest BCUT2D eigenvalue weighted by molar-refractivity contribution is 8.34. The second-order valence-electron chi connectivity index (χ2n) is 7.89. The third-order valence-corrected chi connectivity index (χ3v) is 12.5. The van der Waals surface area contributed by atoms with Gasteiger partial charge in [-0.05, 0) is 36.8 Å². The Morgan fingerprint density at radius 3 is 2.35 bits per heavy atom. The van der Waals surface area contributed by atoms with Gasteiger partial charge in [0.25, 0.3) is 0 Å². The van der Waals surface area contributed by atoms with Crippen LogP contribution in [-0.2, 0) is 18.8 Å². The maximum atomic E-state index is 12.7. The molecule has 10 heteroatoms. The molecular formula is C16H24ClNO5S2Si. The van der Waals surface area contributed by atoms with E-state index in [0.29, 0.717) is 4.24 Å². The van der Waals surface area contributed by atoms with Crippen molar-refractivity contribution in [1.29, 1.82) is 0 Å². The number of hydrogen-bond acceptors (Lipinski definition) is 6. The van der Waals surface area contributed by atoms with E-state index in [1.165, 1.54) is 0 Å². The summed E-state index contributed by atoms with van der Waals surface area (Å²) < 4.78 is 6.57. The van der Waals surface area contributed by atoms with E-state index in [1.807, 2.05) is 6.92 Å². The molecule has 0 saturated carbocycles. The summed E-state index contributed by atoms with van der Waals surface area (Å²) in [4.78, 5) is 36.9. The number of aliphatic carboxylic acids is 1. The zero-order valence-corrected chi connectivity index (χ0v) is 19.0. The van der Waals surface area contributed by atoms with Gasteiger partial charge in [0.15, 0.2) is 14.0 Å². The van der Waals surface area contributed by atoms with Crippen molar-refractivity contribution >= 4 is 60.4 Å². The van der Waals surface area contributed by atoms with Gasteiger partial charge in [0.1, 0.15) is 5.50 Å². The smallest absolute Gasteiger partial charge is 0.354 e. The van der Waals surface area contributed by atoms with Crippen LogP contribution in [0.2, 0.25) is 18.1 Å². The average Bonchev–Trinajstić information content (AvgIpc) is 2.88. The van der Waals surface area contributed by atoms with Gasteiger partial charge in [-0.25, -0.2) is 4.79 Å². The van der Waals surface area contributed by atoms with Gasteiger partial charge in [0.2, 0.25) is 11.0 Å². The molecular weight excluding hydrogens is 414 g/mol. The van der Waals surface area contributed by atoms with Crippen molar-refractivity contribution in [3.63, 3.8) is 0 Å². The Hall–Kier alpha value is -0.483. The first kappa shape index (κ1) is 21.8. The fourth-order valence-corrected chi connectivity index (χ4v) is 6.64. The predicted octanol–water partition coefficient (Wildman–Crippen LogP) is 3.68. The number of carboxylic acids is 1. The number of halogens is 1. The third kappa shape index (κ3) is 4.01. The lowest BCUT2D eigenvalue weighted by molar-refractivity contribution is -0.157. The molecule has 2 saturated heterocycles. The summed E-state index contributed by atoms with van der Waals surface area (Å²) in [6.07, 6.45) is -0.410. The van der Waals surface area contributed by atoms with Crippen molar-refractivity contribution in [1.82, 2.24) is 4.90 Å². The molecule has 6 nitrogen and oxygen atoms in total. The molecule has 2 aliphatic heterocycles. The van der Waals surface area contributed by atoms with Crippen LogP contribution >= 0.6 is 35.1 Å². The van der Waals surface area contributed by atoms with Gasteiger partial charge in [-0.3, -0.25) is 14.5 Å². The van der Waals surface area contributed by atoms with E-state index in [2.05, 4.69) is 33.9 Å². The summed E-state index contributed by atoms with van der Waals surface area (Å²) in [7, 11) is -2.09. The Morgan fingerprint density at radius 2 is 1.96 bits per heavy atom. The van der Waals surface area contributed by atoms with E-state index in [-0.39, 0.29) is 27.5 Å². The lowest BCUT2D eigenvalue weighted by Crippen LogP contribution is -2.63. The van der Waals surface area contributed by atoms with Crippen LogP contribution in [0.25, 0.3) is 0 Å². The van der Waals surface area contributed by atoms with Gasteiger partial charge < -0.3 is 9.53 Å². The first-order valence-electron chi connectivity index (χ1n) is 8.24. The van der Waals surface area contributed by atoms with Crippen LogP contribution in [0.5, 0.6) is 0 Å². The summed E-state index contributed by atoms with van der Waals surface area (Å²) in [5.41, 5.74) is -1.01. The van der Waals surface area contributed by atoms with Gasteiger partial charge in [0, 0.05) is 0 Å². The van der Waals surface area contributed by atoms with E-state index < -0.39 is 31.8 Å². The number of likely N-dealkylation sites (tertiary alicyclic amines) is 1. The fraction of sp³-hybridized carbons (Fsp3) is 0.688. The molecule has 2 fully saturated rings. The first-order chi connectivity index (χ1) is 11.8. The highest BCUT2D eigenvalue weighted by Crippen LogP contribution is 2.46. The molecule has 3 unspecified atom stereocenters. The highest BCUT2D eigenvalue weighted by atomic mass is 35.5. The number of carbonyl (C=O) groups is 3. The number of amides is 1. The minimum Gasteiger partial charge on any atom is -0.477 e. The Kier molecular flexibility index (Phi) is 6.29. The van der Waals surface area contributed by atoms with Crippen molar-refractivity contribution < 1.29 is 23.9 Å². The number of carboxylic acid groups (broad SMARTS) is 1. The number of nitrogens with zero attached hydrogens (tertiary/aromatic N) is 1. The van der Waals surface area contributed by atoms with Gasteiger partial charge in [-0.15, -0.1) is 11.8 Å². The Morgan fingerprint density at radius 1 is 1.38 bits per heavy atom. The van der Waals surface area contributed by atoms with Crippen molar-refractivity contribution in [2.75, 3.05) is 5.75 Å². The Labute approximate surface area is 168 Å². The van der Waals surface area contributed by atoms with Gasteiger partial charge in [0.05, 0.1) is 22.0 Å². The highest BCUT2D eigenvalue weighted by Gasteiger charge is 2.55. The predicted molar refractivity (Wildman–Crippen MR) is 107 cm³/mol. The second-order valence-corrected chi connectivity index (χ2v) is 15.4. The number of carbonyl (C=O) groups excluding carboxylic acids is 2. The summed E-state index contributed by atoms with van der Waals surface area (Å²) >= 11 is 8.39. The SMILES string of the molecule is CC(O[Si](C)(C)C(C)(C)C)C1C(=O)N(C(C(=O)O)=C2SCC(=O)S2)C1Cl. The lowest BCUT2D eigenvalue weighted by atomic mass is 9.92. The van der Waals surface area contributed by atoms with Crippen LogP contribution in [0.3, 0.4) is 0 Å². The maximum Gasteiger partial charge on any atom is 0.354 e. The molecule has 146 valence electrons. The monoisotopic (exact) mass is 437 g/mol. The normalized spacial score (nSPS) is 27.4. The molecule has 0 radical (unpaired) electrons.